The van der Waals surface area contributed by atoms with Crippen molar-refractivity contribution in [3.8, 4) is 0 Å². The molecule has 2 heteroatoms. The van der Waals surface area contributed by atoms with Gasteiger partial charge in [0, 0.05) is 25.7 Å². The minimum Gasteiger partial charge on any atom is -0.314 e. The van der Waals surface area contributed by atoms with E-state index in [9.17, 15) is 0 Å². The highest BCUT2D eigenvalue weighted by atomic mass is 15.0. The maximum atomic E-state index is 3.55. The summed E-state index contributed by atoms with van der Waals surface area (Å²) < 4.78 is 0. The molecule has 1 heterocycles. The van der Waals surface area contributed by atoms with E-state index in [0.29, 0.717) is 6.04 Å². The molecule has 0 bridgehead atoms. The van der Waals surface area contributed by atoms with Crippen molar-refractivity contribution in [2.75, 3.05) is 19.6 Å². The van der Waals surface area contributed by atoms with Crippen LogP contribution in [0.1, 0.15) is 16.7 Å². The molecule has 0 spiro atoms. The van der Waals surface area contributed by atoms with E-state index in [2.05, 4.69) is 42.7 Å². The third-order valence-electron chi connectivity index (χ3n) is 3.10. The van der Waals surface area contributed by atoms with E-state index in [4.69, 9.17) is 0 Å². The molecule has 1 fully saturated rings. The number of piperazine rings is 1. The Morgan fingerprint density at radius 3 is 2.87 bits per heavy atom. The number of hydrogen-bond donors (Lipinski definition) is 2. The monoisotopic (exact) mass is 204 g/mol. The average Bonchev–Trinajstić information content (AvgIpc) is 2.25. The van der Waals surface area contributed by atoms with Gasteiger partial charge in [-0.15, -0.1) is 0 Å². The van der Waals surface area contributed by atoms with E-state index in [0.717, 1.165) is 26.1 Å². The summed E-state index contributed by atoms with van der Waals surface area (Å²) in [4.78, 5) is 0. The molecule has 1 atom stereocenters. The van der Waals surface area contributed by atoms with E-state index >= 15 is 0 Å². The molecule has 0 saturated carbocycles. The van der Waals surface area contributed by atoms with E-state index in [-0.39, 0.29) is 0 Å². The van der Waals surface area contributed by atoms with E-state index < -0.39 is 0 Å². The Labute approximate surface area is 92.1 Å². The molecule has 82 valence electrons. The lowest BCUT2D eigenvalue weighted by molar-refractivity contribution is 0.416. The van der Waals surface area contributed by atoms with Crippen LogP contribution in [0.3, 0.4) is 0 Å². The molecule has 1 saturated heterocycles. The van der Waals surface area contributed by atoms with Crippen LogP contribution in [0.25, 0.3) is 0 Å². The Bertz CT molecular complexity index is 327. The zero-order valence-electron chi connectivity index (χ0n) is 9.64. The number of benzene rings is 1. The molecule has 0 aromatic heterocycles. The fraction of sp³-hybridized carbons (Fsp3) is 0.538. The van der Waals surface area contributed by atoms with Crippen LogP contribution in [0.5, 0.6) is 0 Å². The first-order valence-corrected chi connectivity index (χ1v) is 5.76. The maximum Gasteiger partial charge on any atom is 0.0233 e. The predicted octanol–water partition coefficient (Wildman–Crippen LogP) is 1.41. The lowest BCUT2D eigenvalue weighted by Crippen LogP contribution is -2.49. The van der Waals surface area contributed by atoms with Crippen LogP contribution >= 0.6 is 0 Å². The van der Waals surface area contributed by atoms with Gasteiger partial charge >= 0.3 is 0 Å². The fourth-order valence-corrected chi connectivity index (χ4v) is 2.14. The second-order valence-corrected chi connectivity index (χ2v) is 4.49. The van der Waals surface area contributed by atoms with Gasteiger partial charge in [-0.25, -0.2) is 0 Å². The smallest absolute Gasteiger partial charge is 0.0233 e. The topological polar surface area (TPSA) is 24.1 Å². The van der Waals surface area contributed by atoms with Gasteiger partial charge in [0.25, 0.3) is 0 Å². The van der Waals surface area contributed by atoms with Gasteiger partial charge in [-0.2, -0.15) is 0 Å². The largest absolute Gasteiger partial charge is 0.314 e. The van der Waals surface area contributed by atoms with Crippen LogP contribution in [0.4, 0.5) is 0 Å². The van der Waals surface area contributed by atoms with Gasteiger partial charge in [0.05, 0.1) is 0 Å². The summed E-state index contributed by atoms with van der Waals surface area (Å²) in [6, 6.07) is 7.32. The van der Waals surface area contributed by atoms with E-state index in [1.165, 1.54) is 16.7 Å². The highest BCUT2D eigenvalue weighted by Gasteiger charge is 2.13. The van der Waals surface area contributed by atoms with Crippen LogP contribution in [0.2, 0.25) is 0 Å². The molecule has 1 aromatic carbocycles. The third-order valence-corrected chi connectivity index (χ3v) is 3.10. The Kier molecular flexibility index (Phi) is 3.39. The predicted molar refractivity (Wildman–Crippen MR) is 64.3 cm³/mol. The maximum absolute atomic E-state index is 3.55. The van der Waals surface area contributed by atoms with Crippen molar-refractivity contribution in [3.05, 3.63) is 34.9 Å². The molecule has 15 heavy (non-hydrogen) atoms. The molecule has 2 rings (SSSR count). The molecule has 1 unspecified atom stereocenters. The molecule has 0 amide bonds. The second-order valence-electron chi connectivity index (χ2n) is 4.49. The van der Waals surface area contributed by atoms with Crippen LogP contribution in [-0.4, -0.2) is 25.7 Å². The van der Waals surface area contributed by atoms with Crippen molar-refractivity contribution >= 4 is 0 Å². The Morgan fingerprint density at radius 1 is 1.27 bits per heavy atom. The number of nitrogens with one attached hydrogen (secondary N) is 2. The van der Waals surface area contributed by atoms with Crippen LogP contribution in [-0.2, 0) is 6.42 Å². The summed E-state index contributed by atoms with van der Waals surface area (Å²) in [7, 11) is 0. The molecule has 1 aliphatic rings. The fourth-order valence-electron chi connectivity index (χ4n) is 2.14. The lowest BCUT2D eigenvalue weighted by Gasteiger charge is -2.25. The van der Waals surface area contributed by atoms with Crippen molar-refractivity contribution in [3.63, 3.8) is 0 Å². The number of hydrogen-bond acceptors (Lipinski definition) is 2. The molecular formula is C13H20N2. The molecule has 0 aliphatic carbocycles. The molecule has 2 nitrogen and oxygen atoms in total. The van der Waals surface area contributed by atoms with Crippen molar-refractivity contribution in [2.45, 2.75) is 26.3 Å². The minimum absolute atomic E-state index is 0.597. The summed E-state index contributed by atoms with van der Waals surface area (Å²) in [5.41, 5.74) is 4.25. The first kappa shape index (κ1) is 10.7. The third kappa shape index (κ3) is 2.80. The standard InChI is InChI=1S/C13H20N2/c1-10-3-4-11(2)12(7-10)8-13-9-14-5-6-15-13/h3-4,7,13-15H,5-6,8-9H2,1-2H3. The van der Waals surface area contributed by atoms with Crippen LogP contribution in [0, 0.1) is 13.8 Å². The van der Waals surface area contributed by atoms with Crippen molar-refractivity contribution in [1.29, 1.82) is 0 Å². The summed E-state index contributed by atoms with van der Waals surface area (Å²) in [6.07, 6.45) is 1.14. The van der Waals surface area contributed by atoms with Crippen molar-refractivity contribution < 1.29 is 0 Å². The van der Waals surface area contributed by atoms with E-state index in [1.54, 1.807) is 0 Å². The minimum atomic E-state index is 0.597. The summed E-state index contributed by atoms with van der Waals surface area (Å²) in [5.74, 6) is 0. The van der Waals surface area contributed by atoms with Gasteiger partial charge in [-0.05, 0) is 31.4 Å². The van der Waals surface area contributed by atoms with Gasteiger partial charge < -0.3 is 10.6 Å². The van der Waals surface area contributed by atoms with Gasteiger partial charge in [0.2, 0.25) is 0 Å². The summed E-state index contributed by atoms with van der Waals surface area (Å²) in [5, 5.41) is 6.98. The second kappa shape index (κ2) is 4.77. The number of aryl methyl sites for hydroxylation is 2. The van der Waals surface area contributed by atoms with E-state index in [1.807, 2.05) is 0 Å². The highest BCUT2D eigenvalue weighted by molar-refractivity contribution is 5.31. The van der Waals surface area contributed by atoms with Gasteiger partial charge in [0.15, 0.2) is 0 Å². The Hall–Kier alpha value is -0.860. The molecule has 0 radical (unpaired) electrons. The zero-order chi connectivity index (χ0) is 10.7. The zero-order valence-corrected chi connectivity index (χ0v) is 9.64. The normalized spacial score (nSPS) is 21.6. The summed E-state index contributed by atoms with van der Waals surface area (Å²) >= 11 is 0. The van der Waals surface area contributed by atoms with Crippen molar-refractivity contribution in [2.24, 2.45) is 0 Å². The lowest BCUT2D eigenvalue weighted by atomic mass is 9.98. The number of rotatable bonds is 2. The van der Waals surface area contributed by atoms with Gasteiger partial charge in [0.1, 0.15) is 0 Å². The Morgan fingerprint density at radius 2 is 2.13 bits per heavy atom. The Balaban J connectivity index is 2.05. The van der Waals surface area contributed by atoms with Crippen molar-refractivity contribution in [1.82, 2.24) is 10.6 Å². The average molecular weight is 204 g/mol. The van der Waals surface area contributed by atoms with Gasteiger partial charge in [-0.3, -0.25) is 0 Å². The van der Waals surface area contributed by atoms with Gasteiger partial charge in [-0.1, -0.05) is 23.8 Å². The summed E-state index contributed by atoms with van der Waals surface area (Å²) in [6.45, 7) is 7.65. The molecule has 1 aliphatic heterocycles. The SMILES string of the molecule is Cc1ccc(C)c(CC2CNCCN2)c1. The van der Waals surface area contributed by atoms with Crippen LogP contribution < -0.4 is 10.6 Å². The molecule has 2 N–H and O–H groups in total. The molecular weight excluding hydrogens is 184 g/mol. The first-order chi connectivity index (χ1) is 7.25. The highest BCUT2D eigenvalue weighted by Crippen LogP contribution is 2.13. The molecule has 1 aromatic rings. The van der Waals surface area contributed by atoms with Crippen LogP contribution in [0.15, 0.2) is 18.2 Å². The quantitative estimate of drug-likeness (QED) is 0.761. The first-order valence-electron chi connectivity index (χ1n) is 5.76.